The van der Waals surface area contributed by atoms with Crippen LogP contribution in [0.3, 0.4) is 0 Å². The Bertz CT molecular complexity index is 491. The summed E-state index contributed by atoms with van der Waals surface area (Å²) in [6.45, 7) is 2.57. The molecular formula is C17H24ClNO3. The minimum Gasteiger partial charge on any atom is -0.494 e. The Labute approximate surface area is 138 Å². The lowest BCUT2D eigenvalue weighted by atomic mass is 10.0. The van der Waals surface area contributed by atoms with Crippen LogP contribution in [-0.4, -0.2) is 42.7 Å². The van der Waals surface area contributed by atoms with Gasteiger partial charge in [-0.2, -0.15) is 0 Å². The van der Waals surface area contributed by atoms with E-state index in [2.05, 4.69) is 11.9 Å². The van der Waals surface area contributed by atoms with Crippen LogP contribution in [0.25, 0.3) is 0 Å². The zero-order chi connectivity index (χ0) is 14.8. The Balaban J connectivity index is 0.00000176. The third-order valence-electron chi connectivity index (χ3n) is 4.73. The highest BCUT2D eigenvalue weighted by atomic mass is 35.5. The summed E-state index contributed by atoms with van der Waals surface area (Å²) in [7, 11) is 2.19. The van der Waals surface area contributed by atoms with E-state index >= 15 is 0 Å². The van der Waals surface area contributed by atoms with Crippen molar-refractivity contribution < 1.29 is 14.3 Å². The number of hydrogen-bond donors (Lipinski definition) is 0. The van der Waals surface area contributed by atoms with Gasteiger partial charge in [-0.25, -0.2) is 4.79 Å². The SMILES string of the molecule is CCOc1ccc(C(=O)OC2CC3CCC(C2)N3C)cc1.Cl. The van der Waals surface area contributed by atoms with E-state index in [-0.39, 0.29) is 24.5 Å². The number of halogens is 1. The van der Waals surface area contributed by atoms with Gasteiger partial charge >= 0.3 is 5.97 Å². The molecule has 0 amide bonds. The molecule has 2 aliphatic rings. The quantitative estimate of drug-likeness (QED) is 0.796. The van der Waals surface area contributed by atoms with E-state index in [0.29, 0.717) is 24.3 Å². The van der Waals surface area contributed by atoms with Crippen LogP contribution >= 0.6 is 12.4 Å². The van der Waals surface area contributed by atoms with E-state index < -0.39 is 0 Å². The average molecular weight is 326 g/mol. The molecule has 0 radical (unpaired) electrons. The van der Waals surface area contributed by atoms with Crippen LogP contribution in [0.4, 0.5) is 0 Å². The van der Waals surface area contributed by atoms with Gasteiger partial charge in [0.15, 0.2) is 0 Å². The number of ether oxygens (including phenoxy) is 2. The van der Waals surface area contributed by atoms with Crippen molar-refractivity contribution in [3.8, 4) is 5.75 Å². The Morgan fingerprint density at radius 3 is 2.32 bits per heavy atom. The van der Waals surface area contributed by atoms with Gasteiger partial charge in [0.05, 0.1) is 12.2 Å². The van der Waals surface area contributed by atoms with E-state index in [1.54, 1.807) is 12.1 Å². The molecule has 5 heteroatoms. The summed E-state index contributed by atoms with van der Waals surface area (Å²) >= 11 is 0. The van der Waals surface area contributed by atoms with Gasteiger partial charge < -0.3 is 14.4 Å². The third kappa shape index (κ3) is 3.55. The summed E-state index contributed by atoms with van der Waals surface area (Å²) < 4.78 is 11.1. The van der Waals surface area contributed by atoms with E-state index in [1.807, 2.05) is 19.1 Å². The summed E-state index contributed by atoms with van der Waals surface area (Å²) in [6, 6.07) is 8.36. The number of carbonyl (C=O) groups excluding carboxylic acids is 1. The van der Waals surface area contributed by atoms with Crippen LogP contribution in [0.15, 0.2) is 24.3 Å². The number of carbonyl (C=O) groups is 1. The Morgan fingerprint density at radius 1 is 1.18 bits per heavy atom. The monoisotopic (exact) mass is 325 g/mol. The number of hydrogen-bond acceptors (Lipinski definition) is 4. The Hall–Kier alpha value is -1.26. The molecule has 2 atom stereocenters. The van der Waals surface area contributed by atoms with Crippen molar-refractivity contribution in [2.24, 2.45) is 0 Å². The number of nitrogens with zero attached hydrogens (tertiary/aromatic N) is 1. The molecule has 122 valence electrons. The maximum absolute atomic E-state index is 12.2. The fourth-order valence-electron chi connectivity index (χ4n) is 3.53. The summed E-state index contributed by atoms with van der Waals surface area (Å²) in [5.41, 5.74) is 0.602. The molecule has 1 aromatic carbocycles. The van der Waals surface area contributed by atoms with Crippen molar-refractivity contribution in [3.05, 3.63) is 29.8 Å². The van der Waals surface area contributed by atoms with Gasteiger partial charge in [-0.05, 0) is 51.1 Å². The highest BCUT2D eigenvalue weighted by molar-refractivity contribution is 5.89. The molecule has 4 nitrogen and oxygen atoms in total. The summed E-state index contributed by atoms with van der Waals surface area (Å²) in [6.07, 6.45) is 4.47. The first-order chi connectivity index (χ1) is 10.2. The smallest absolute Gasteiger partial charge is 0.338 e. The van der Waals surface area contributed by atoms with Gasteiger partial charge in [-0.1, -0.05) is 0 Å². The molecule has 2 aliphatic heterocycles. The predicted molar refractivity (Wildman–Crippen MR) is 87.9 cm³/mol. The molecule has 2 saturated heterocycles. The molecule has 22 heavy (non-hydrogen) atoms. The number of rotatable bonds is 4. The van der Waals surface area contributed by atoms with Crippen LogP contribution in [0.5, 0.6) is 5.75 Å². The fraction of sp³-hybridized carbons (Fsp3) is 0.588. The van der Waals surface area contributed by atoms with E-state index in [0.717, 1.165) is 18.6 Å². The largest absolute Gasteiger partial charge is 0.494 e. The number of esters is 1. The molecule has 0 saturated carbocycles. The summed E-state index contributed by atoms with van der Waals surface area (Å²) in [5.74, 6) is 0.568. The summed E-state index contributed by atoms with van der Waals surface area (Å²) in [5, 5.41) is 0. The van der Waals surface area contributed by atoms with Crippen LogP contribution in [0, 0.1) is 0 Å². The maximum Gasteiger partial charge on any atom is 0.338 e. The van der Waals surface area contributed by atoms with Crippen molar-refractivity contribution in [1.82, 2.24) is 4.90 Å². The van der Waals surface area contributed by atoms with E-state index in [4.69, 9.17) is 9.47 Å². The minimum atomic E-state index is -0.216. The van der Waals surface area contributed by atoms with E-state index in [1.165, 1.54) is 12.8 Å². The highest BCUT2D eigenvalue weighted by Gasteiger charge is 2.39. The number of benzene rings is 1. The minimum absolute atomic E-state index is 0. The molecule has 2 unspecified atom stereocenters. The van der Waals surface area contributed by atoms with Gasteiger partial charge in [0.2, 0.25) is 0 Å². The van der Waals surface area contributed by atoms with Crippen LogP contribution in [0.2, 0.25) is 0 Å². The molecule has 2 heterocycles. The standard InChI is InChI=1S/C17H23NO3.ClH/c1-3-20-15-8-4-12(5-9-15)17(19)21-16-10-13-6-7-14(11-16)18(13)2;/h4-5,8-9,13-14,16H,3,6-7,10-11H2,1-2H3;1H. The molecular weight excluding hydrogens is 302 g/mol. The molecule has 1 aromatic rings. The zero-order valence-corrected chi connectivity index (χ0v) is 14.0. The van der Waals surface area contributed by atoms with Gasteiger partial charge in [-0.15, -0.1) is 12.4 Å². The molecule has 0 N–H and O–H groups in total. The molecule has 0 spiro atoms. The highest BCUT2D eigenvalue weighted by Crippen LogP contribution is 2.35. The maximum atomic E-state index is 12.2. The van der Waals surface area contributed by atoms with Crippen molar-refractivity contribution in [2.45, 2.75) is 50.8 Å². The lowest BCUT2D eigenvalue weighted by Crippen LogP contribution is -2.43. The second-order valence-electron chi connectivity index (χ2n) is 6.01. The zero-order valence-electron chi connectivity index (χ0n) is 13.2. The van der Waals surface area contributed by atoms with Crippen molar-refractivity contribution in [2.75, 3.05) is 13.7 Å². The average Bonchev–Trinajstić information content (AvgIpc) is 2.71. The van der Waals surface area contributed by atoms with Crippen molar-refractivity contribution in [1.29, 1.82) is 0 Å². The third-order valence-corrected chi connectivity index (χ3v) is 4.73. The summed E-state index contributed by atoms with van der Waals surface area (Å²) in [4.78, 5) is 14.7. The van der Waals surface area contributed by atoms with Gasteiger partial charge in [0.25, 0.3) is 0 Å². The molecule has 2 fully saturated rings. The van der Waals surface area contributed by atoms with Gasteiger partial charge in [-0.3, -0.25) is 0 Å². The second kappa shape index (κ2) is 7.34. The molecule has 2 bridgehead atoms. The Kier molecular flexibility index (Phi) is 5.70. The first-order valence-corrected chi connectivity index (χ1v) is 7.83. The lowest BCUT2D eigenvalue weighted by Gasteiger charge is -2.35. The van der Waals surface area contributed by atoms with E-state index in [9.17, 15) is 4.79 Å². The van der Waals surface area contributed by atoms with Crippen molar-refractivity contribution in [3.63, 3.8) is 0 Å². The number of fused-ring (bicyclic) bond motifs is 2. The molecule has 0 aliphatic carbocycles. The van der Waals surface area contributed by atoms with Crippen molar-refractivity contribution >= 4 is 18.4 Å². The first-order valence-electron chi connectivity index (χ1n) is 7.83. The van der Waals surface area contributed by atoms with Crippen LogP contribution in [0.1, 0.15) is 43.0 Å². The Morgan fingerprint density at radius 2 is 1.77 bits per heavy atom. The van der Waals surface area contributed by atoms with Gasteiger partial charge in [0.1, 0.15) is 11.9 Å². The first kappa shape index (κ1) is 17.1. The predicted octanol–water partition coefficient (Wildman–Crippen LogP) is 3.29. The van der Waals surface area contributed by atoms with Crippen LogP contribution < -0.4 is 4.74 Å². The fourth-order valence-corrected chi connectivity index (χ4v) is 3.53. The second-order valence-corrected chi connectivity index (χ2v) is 6.01. The number of piperidine rings is 1. The molecule has 0 aromatic heterocycles. The van der Waals surface area contributed by atoms with Gasteiger partial charge in [0, 0.05) is 24.9 Å². The van der Waals surface area contributed by atoms with Crippen LogP contribution in [-0.2, 0) is 4.74 Å². The normalized spacial score (nSPS) is 27.1. The molecule has 3 rings (SSSR count). The lowest BCUT2D eigenvalue weighted by molar-refractivity contribution is -0.000449. The topological polar surface area (TPSA) is 38.8 Å².